The molecule has 3 rings (SSSR count). The molecular formula is C28H32N2O4. The Balaban J connectivity index is 1.87. The van der Waals surface area contributed by atoms with E-state index in [0.29, 0.717) is 31.7 Å². The first kappa shape index (κ1) is 24.8. The number of nitrogens with zero attached hydrogens (tertiary/aromatic N) is 1. The van der Waals surface area contributed by atoms with Crippen LogP contribution in [-0.4, -0.2) is 37.0 Å². The molecular weight excluding hydrogens is 428 g/mol. The molecule has 6 heteroatoms. The van der Waals surface area contributed by atoms with Gasteiger partial charge in [-0.3, -0.25) is 9.59 Å². The fourth-order valence-corrected chi connectivity index (χ4v) is 3.83. The number of amides is 2. The van der Waals surface area contributed by atoms with Gasteiger partial charge in [-0.1, -0.05) is 67.6 Å². The number of para-hydroxylation sites is 1. The van der Waals surface area contributed by atoms with Crippen molar-refractivity contribution in [1.29, 1.82) is 0 Å². The van der Waals surface area contributed by atoms with Gasteiger partial charge in [-0.15, -0.1) is 0 Å². The van der Waals surface area contributed by atoms with Crippen LogP contribution in [0.15, 0.2) is 78.9 Å². The minimum Gasteiger partial charge on any atom is -0.497 e. The summed E-state index contributed by atoms with van der Waals surface area (Å²) in [6.45, 7) is 2.46. The number of hydrogen-bond acceptors (Lipinski definition) is 4. The molecule has 0 saturated carbocycles. The number of benzene rings is 3. The summed E-state index contributed by atoms with van der Waals surface area (Å²) in [6, 6.07) is 24.2. The third kappa shape index (κ3) is 6.61. The van der Waals surface area contributed by atoms with E-state index in [0.717, 1.165) is 22.4 Å². The molecule has 0 fully saturated rings. The molecule has 34 heavy (non-hydrogen) atoms. The molecule has 2 amide bonds. The maximum atomic E-state index is 13.5. The molecule has 0 heterocycles. The number of nitrogens with one attached hydrogen (secondary N) is 1. The topological polar surface area (TPSA) is 67.9 Å². The fraction of sp³-hybridized carbons (Fsp3) is 0.286. The Morgan fingerprint density at radius 1 is 0.853 bits per heavy atom. The van der Waals surface area contributed by atoms with Gasteiger partial charge in [-0.25, -0.2) is 0 Å². The van der Waals surface area contributed by atoms with E-state index >= 15 is 0 Å². The smallest absolute Gasteiger partial charge is 0.243 e. The van der Waals surface area contributed by atoms with Crippen LogP contribution < -0.4 is 14.8 Å². The summed E-state index contributed by atoms with van der Waals surface area (Å²) in [5.74, 6) is 1.17. The van der Waals surface area contributed by atoms with Crippen molar-refractivity contribution < 1.29 is 19.1 Å². The van der Waals surface area contributed by atoms with Gasteiger partial charge in [0.1, 0.15) is 17.5 Å². The molecule has 0 aromatic heterocycles. The molecule has 3 aromatic carbocycles. The summed E-state index contributed by atoms with van der Waals surface area (Å²) in [7, 11) is 3.22. The molecule has 0 unspecified atom stereocenters. The van der Waals surface area contributed by atoms with Crippen LogP contribution in [0.5, 0.6) is 11.5 Å². The number of carbonyl (C=O) groups excluding carboxylic acids is 2. The number of rotatable bonds is 11. The summed E-state index contributed by atoms with van der Waals surface area (Å²) in [5.41, 5.74) is 2.79. The van der Waals surface area contributed by atoms with Crippen LogP contribution in [-0.2, 0) is 29.1 Å². The van der Waals surface area contributed by atoms with Crippen LogP contribution in [0.4, 0.5) is 0 Å². The SMILES string of the molecule is CCC(=O)N(Cc1ccc(OC)cc1)[C@@H](Cc1ccccc1)C(=O)NCc1ccccc1OC. The largest absolute Gasteiger partial charge is 0.497 e. The Kier molecular flexibility index (Phi) is 9.09. The van der Waals surface area contributed by atoms with Gasteiger partial charge in [0.15, 0.2) is 0 Å². The summed E-state index contributed by atoms with van der Waals surface area (Å²) in [5, 5.41) is 3.02. The predicted molar refractivity (Wildman–Crippen MR) is 133 cm³/mol. The van der Waals surface area contributed by atoms with E-state index in [2.05, 4.69) is 5.32 Å². The highest BCUT2D eigenvalue weighted by molar-refractivity contribution is 5.88. The first-order chi connectivity index (χ1) is 16.5. The lowest BCUT2D eigenvalue weighted by Crippen LogP contribution is -2.50. The lowest BCUT2D eigenvalue weighted by atomic mass is 10.0. The van der Waals surface area contributed by atoms with Crippen LogP contribution in [0.25, 0.3) is 0 Å². The van der Waals surface area contributed by atoms with Crippen LogP contribution in [0.2, 0.25) is 0 Å². The highest BCUT2D eigenvalue weighted by atomic mass is 16.5. The van der Waals surface area contributed by atoms with E-state index in [1.54, 1.807) is 19.1 Å². The van der Waals surface area contributed by atoms with E-state index in [1.807, 2.05) is 85.8 Å². The van der Waals surface area contributed by atoms with Crippen molar-refractivity contribution in [2.24, 2.45) is 0 Å². The van der Waals surface area contributed by atoms with Crippen molar-refractivity contribution in [2.75, 3.05) is 14.2 Å². The molecule has 0 aliphatic heterocycles. The minimum atomic E-state index is -0.661. The number of carbonyl (C=O) groups is 2. The summed E-state index contributed by atoms with van der Waals surface area (Å²) in [6.07, 6.45) is 0.724. The highest BCUT2D eigenvalue weighted by Gasteiger charge is 2.29. The van der Waals surface area contributed by atoms with Crippen molar-refractivity contribution in [3.05, 3.63) is 95.6 Å². The van der Waals surface area contributed by atoms with E-state index in [4.69, 9.17) is 9.47 Å². The van der Waals surface area contributed by atoms with Crippen LogP contribution in [0, 0.1) is 0 Å². The van der Waals surface area contributed by atoms with E-state index < -0.39 is 6.04 Å². The molecule has 0 aliphatic rings. The number of methoxy groups -OCH3 is 2. The maximum absolute atomic E-state index is 13.5. The molecule has 3 aromatic rings. The normalized spacial score (nSPS) is 11.4. The highest BCUT2D eigenvalue weighted by Crippen LogP contribution is 2.20. The molecule has 0 spiro atoms. The third-order valence-corrected chi connectivity index (χ3v) is 5.73. The van der Waals surface area contributed by atoms with Gasteiger partial charge in [-0.05, 0) is 29.3 Å². The van der Waals surface area contributed by atoms with Gasteiger partial charge in [0.05, 0.1) is 14.2 Å². The molecule has 1 N–H and O–H groups in total. The minimum absolute atomic E-state index is 0.0795. The predicted octanol–water partition coefficient (Wildman–Crippen LogP) is 4.37. The van der Waals surface area contributed by atoms with Gasteiger partial charge in [0, 0.05) is 31.5 Å². The zero-order valence-corrected chi connectivity index (χ0v) is 20.0. The maximum Gasteiger partial charge on any atom is 0.243 e. The second-order valence-corrected chi connectivity index (χ2v) is 7.96. The van der Waals surface area contributed by atoms with Gasteiger partial charge >= 0.3 is 0 Å². The van der Waals surface area contributed by atoms with Crippen molar-refractivity contribution >= 4 is 11.8 Å². The van der Waals surface area contributed by atoms with E-state index in [-0.39, 0.29) is 11.8 Å². The van der Waals surface area contributed by atoms with Crippen LogP contribution in [0.1, 0.15) is 30.0 Å². The Labute approximate surface area is 201 Å². The lowest BCUT2D eigenvalue weighted by molar-refractivity contribution is -0.141. The average molecular weight is 461 g/mol. The van der Waals surface area contributed by atoms with Crippen molar-refractivity contribution in [1.82, 2.24) is 10.2 Å². The zero-order chi connectivity index (χ0) is 24.3. The third-order valence-electron chi connectivity index (χ3n) is 5.73. The summed E-state index contributed by atoms with van der Waals surface area (Å²) < 4.78 is 10.7. The Morgan fingerprint density at radius 3 is 2.18 bits per heavy atom. The van der Waals surface area contributed by atoms with E-state index in [1.165, 1.54) is 0 Å². The second kappa shape index (κ2) is 12.4. The zero-order valence-electron chi connectivity index (χ0n) is 20.0. The molecule has 0 bridgehead atoms. The molecule has 1 atom stereocenters. The Bertz CT molecular complexity index is 1070. The first-order valence-electron chi connectivity index (χ1n) is 11.4. The van der Waals surface area contributed by atoms with Gasteiger partial charge in [0.2, 0.25) is 11.8 Å². The lowest BCUT2D eigenvalue weighted by Gasteiger charge is -2.31. The monoisotopic (exact) mass is 460 g/mol. The van der Waals surface area contributed by atoms with Gasteiger partial charge in [-0.2, -0.15) is 0 Å². The van der Waals surface area contributed by atoms with Gasteiger partial charge < -0.3 is 19.7 Å². The fourth-order valence-electron chi connectivity index (χ4n) is 3.83. The first-order valence-corrected chi connectivity index (χ1v) is 11.4. The number of ether oxygens (including phenoxy) is 2. The van der Waals surface area contributed by atoms with Crippen molar-refractivity contribution in [3.8, 4) is 11.5 Å². The van der Waals surface area contributed by atoms with E-state index in [9.17, 15) is 9.59 Å². The molecule has 178 valence electrons. The second-order valence-electron chi connectivity index (χ2n) is 7.96. The van der Waals surface area contributed by atoms with Crippen molar-refractivity contribution in [2.45, 2.75) is 38.9 Å². The summed E-state index contributed by atoms with van der Waals surface area (Å²) >= 11 is 0. The summed E-state index contributed by atoms with van der Waals surface area (Å²) in [4.78, 5) is 28.2. The number of hydrogen-bond donors (Lipinski definition) is 1. The molecule has 0 aliphatic carbocycles. The molecule has 6 nitrogen and oxygen atoms in total. The average Bonchev–Trinajstić information content (AvgIpc) is 2.89. The molecule has 0 radical (unpaired) electrons. The van der Waals surface area contributed by atoms with Crippen LogP contribution >= 0.6 is 0 Å². The van der Waals surface area contributed by atoms with Crippen molar-refractivity contribution in [3.63, 3.8) is 0 Å². The molecule has 0 saturated heterocycles. The standard InChI is InChI=1S/C28H32N2O4/c1-4-27(31)30(20-22-14-16-24(33-2)17-15-22)25(18-21-10-6-5-7-11-21)28(32)29-19-23-12-8-9-13-26(23)34-3/h5-17,25H,4,18-20H2,1-3H3,(H,29,32)/t25-/m0/s1. The Hall–Kier alpha value is -3.80. The Morgan fingerprint density at radius 2 is 1.53 bits per heavy atom. The van der Waals surface area contributed by atoms with Gasteiger partial charge in [0.25, 0.3) is 0 Å². The van der Waals surface area contributed by atoms with Crippen LogP contribution in [0.3, 0.4) is 0 Å². The quantitative estimate of drug-likeness (QED) is 0.461.